The minimum atomic E-state index is -0.755. The molecular weight excluding hydrogens is 309 g/mol. The van der Waals surface area contributed by atoms with Crippen LogP contribution in [0.2, 0.25) is 0 Å². The quantitative estimate of drug-likeness (QED) is 0.815. The molecule has 0 bridgehead atoms. The van der Waals surface area contributed by atoms with E-state index in [4.69, 9.17) is 5.73 Å². The van der Waals surface area contributed by atoms with Crippen LogP contribution in [0, 0.1) is 17.5 Å². The predicted octanol–water partition coefficient (Wildman–Crippen LogP) is 4.19. The molecule has 0 atom stereocenters. The number of nitrogens with two attached hydrogens (primary N) is 1. The van der Waals surface area contributed by atoms with Crippen LogP contribution in [-0.4, -0.2) is 0 Å². The Labute approximate surface area is 110 Å². The standard InChI is InChI=1S/C12H8BrF3N2/c13-7-4-12(10(17)5-8(7)15)18-11-2-1-6(14)3-9(11)16/h1-5,18H,17H2. The maximum atomic E-state index is 13.4. The topological polar surface area (TPSA) is 38.0 Å². The lowest BCUT2D eigenvalue weighted by Crippen LogP contribution is -1.99. The second-order valence-corrected chi connectivity index (χ2v) is 4.46. The van der Waals surface area contributed by atoms with E-state index in [1.165, 1.54) is 12.1 Å². The Balaban J connectivity index is 2.37. The van der Waals surface area contributed by atoms with E-state index in [0.717, 1.165) is 18.2 Å². The van der Waals surface area contributed by atoms with Gasteiger partial charge in [0.05, 0.1) is 21.5 Å². The highest BCUT2D eigenvalue weighted by molar-refractivity contribution is 9.10. The van der Waals surface area contributed by atoms with Crippen LogP contribution >= 0.6 is 15.9 Å². The molecule has 0 aromatic heterocycles. The molecule has 6 heteroatoms. The Kier molecular flexibility index (Phi) is 3.47. The smallest absolute Gasteiger partial charge is 0.149 e. The SMILES string of the molecule is Nc1cc(F)c(Br)cc1Nc1ccc(F)cc1F. The van der Waals surface area contributed by atoms with Crippen LogP contribution in [0.5, 0.6) is 0 Å². The molecule has 0 aliphatic carbocycles. The molecule has 0 spiro atoms. The van der Waals surface area contributed by atoms with Gasteiger partial charge in [-0.2, -0.15) is 0 Å². The molecule has 0 saturated carbocycles. The van der Waals surface area contributed by atoms with Crippen molar-refractivity contribution in [1.29, 1.82) is 0 Å². The van der Waals surface area contributed by atoms with Gasteiger partial charge in [-0.1, -0.05) is 0 Å². The minimum Gasteiger partial charge on any atom is -0.397 e. The van der Waals surface area contributed by atoms with E-state index < -0.39 is 17.5 Å². The van der Waals surface area contributed by atoms with Crippen molar-refractivity contribution in [2.45, 2.75) is 0 Å². The summed E-state index contributed by atoms with van der Waals surface area (Å²) in [6.07, 6.45) is 0. The van der Waals surface area contributed by atoms with Gasteiger partial charge in [-0.3, -0.25) is 0 Å². The predicted molar refractivity (Wildman–Crippen MR) is 68.2 cm³/mol. The Morgan fingerprint density at radius 2 is 1.67 bits per heavy atom. The number of anilines is 3. The van der Waals surface area contributed by atoms with Gasteiger partial charge in [0.1, 0.15) is 17.5 Å². The Morgan fingerprint density at radius 1 is 0.944 bits per heavy atom. The van der Waals surface area contributed by atoms with Crippen LogP contribution in [0.3, 0.4) is 0 Å². The normalized spacial score (nSPS) is 10.4. The van der Waals surface area contributed by atoms with Crippen molar-refractivity contribution in [3.05, 3.63) is 52.3 Å². The second-order valence-electron chi connectivity index (χ2n) is 3.60. The number of hydrogen-bond donors (Lipinski definition) is 2. The first-order valence-electron chi connectivity index (χ1n) is 4.94. The molecule has 0 heterocycles. The van der Waals surface area contributed by atoms with E-state index in [0.29, 0.717) is 5.69 Å². The Bertz CT molecular complexity index is 602. The molecule has 18 heavy (non-hydrogen) atoms. The average molecular weight is 317 g/mol. The lowest BCUT2D eigenvalue weighted by molar-refractivity contribution is 0.586. The lowest BCUT2D eigenvalue weighted by atomic mass is 10.2. The third-order valence-corrected chi connectivity index (χ3v) is 2.90. The minimum absolute atomic E-state index is 0.0570. The van der Waals surface area contributed by atoms with Crippen LogP contribution in [0.4, 0.5) is 30.2 Å². The molecule has 0 aliphatic rings. The van der Waals surface area contributed by atoms with Gasteiger partial charge in [-0.25, -0.2) is 13.2 Å². The summed E-state index contributed by atoms with van der Waals surface area (Å²) in [6, 6.07) is 5.58. The molecule has 2 aromatic rings. The first-order valence-corrected chi connectivity index (χ1v) is 5.73. The molecule has 94 valence electrons. The lowest BCUT2D eigenvalue weighted by Gasteiger charge is -2.11. The number of hydrogen-bond acceptors (Lipinski definition) is 2. The number of halogens is 4. The summed E-state index contributed by atoms with van der Waals surface area (Å²) in [5, 5.41) is 2.67. The van der Waals surface area contributed by atoms with E-state index in [2.05, 4.69) is 21.2 Å². The van der Waals surface area contributed by atoms with E-state index >= 15 is 0 Å². The molecule has 0 radical (unpaired) electrons. The summed E-state index contributed by atoms with van der Waals surface area (Å²) in [5.41, 5.74) is 6.11. The van der Waals surface area contributed by atoms with Crippen LogP contribution in [-0.2, 0) is 0 Å². The van der Waals surface area contributed by atoms with Crippen LogP contribution in [0.15, 0.2) is 34.8 Å². The summed E-state index contributed by atoms with van der Waals surface area (Å²) in [6.45, 7) is 0. The van der Waals surface area contributed by atoms with Crippen molar-refractivity contribution >= 4 is 33.0 Å². The maximum absolute atomic E-state index is 13.4. The summed E-state index contributed by atoms with van der Waals surface area (Å²) < 4.78 is 39.5. The zero-order valence-corrected chi connectivity index (χ0v) is 10.6. The number of rotatable bonds is 2. The number of nitrogens with one attached hydrogen (secondary N) is 1. The Morgan fingerprint density at radius 3 is 2.33 bits per heavy atom. The van der Waals surface area contributed by atoms with Crippen LogP contribution < -0.4 is 11.1 Å². The van der Waals surface area contributed by atoms with Gasteiger partial charge in [0.2, 0.25) is 0 Å². The van der Waals surface area contributed by atoms with Crippen molar-refractivity contribution in [3.63, 3.8) is 0 Å². The largest absolute Gasteiger partial charge is 0.397 e. The molecule has 0 unspecified atom stereocenters. The summed E-state index contributed by atoms with van der Waals surface area (Å²) in [4.78, 5) is 0. The van der Waals surface area contributed by atoms with Gasteiger partial charge < -0.3 is 11.1 Å². The molecule has 2 aromatic carbocycles. The van der Waals surface area contributed by atoms with Gasteiger partial charge in [-0.15, -0.1) is 0 Å². The van der Waals surface area contributed by atoms with Crippen molar-refractivity contribution < 1.29 is 13.2 Å². The van der Waals surface area contributed by atoms with Gasteiger partial charge in [-0.05, 0) is 34.1 Å². The van der Waals surface area contributed by atoms with Crippen LogP contribution in [0.1, 0.15) is 0 Å². The molecule has 2 nitrogen and oxygen atoms in total. The van der Waals surface area contributed by atoms with E-state index in [9.17, 15) is 13.2 Å². The first-order chi connectivity index (χ1) is 8.47. The third-order valence-electron chi connectivity index (χ3n) is 2.29. The van der Waals surface area contributed by atoms with Crippen molar-refractivity contribution in [3.8, 4) is 0 Å². The Hall–Kier alpha value is -1.69. The summed E-state index contributed by atoms with van der Waals surface area (Å²) in [7, 11) is 0. The van der Waals surface area contributed by atoms with E-state index in [1.807, 2.05) is 0 Å². The van der Waals surface area contributed by atoms with Gasteiger partial charge >= 0.3 is 0 Å². The molecule has 3 N–H and O–H groups in total. The van der Waals surface area contributed by atoms with Crippen LogP contribution in [0.25, 0.3) is 0 Å². The highest BCUT2D eigenvalue weighted by atomic mass is 79.9. The monoisotopic (exact) mass is 316 g/mol. The van der Waals surface area contributed by atoms with Crippen molar-refractivity contribution in [2.24, 2.45) is 0 Å². The van der Waals surface area contributed by atoms with Crippen molar-refractivity contribution in [1.82, 2.24) is 0 Å². The molecule has 0 amide bonds. The molecule has 0 fully saturated rings. The average Bonchev–Trinajstić information content (AvgIpc) is 2.29. The fourth-order valence-electron chi connectivity index (χ4n) is 1.41. The fraction of sp³-hybridized carbons (Fsp3) is 0. The zero-order chi connectivity index (χ0) is 13.3. The van der Waals surface area contributed by atoms with E-state index in [-0.39, 0.29) is 15.8 Å². The number of nitrogen functional groups attached to an aromatic ring is 1. The molecule has 0 aliphatic heterocycles. The molecule has 2 rings (SSSR count). The van der Waals surface area contributed by atoms with Crippen molar-refractivity contribution in [2.75, 3.05) is 11.1 Å². The van der Waals surface area contributed by atoms with Gasteiger partial charge in [0.15, 0.2) is 0 Å². The second kappa shape index (κ2) is 4.89. The molecule has 0 saturated heterocycles. The highest BCUT2D eigenvalue weighted by Gasteiger charge is 2.09. The third kappa shape index (κ3) is 2.59. The van der Waals surface area contributed by atoms with E-state index in [1.54, 1.807) is 0 Å². The zero-order valence-electron chi connectivity index (χ0n) is 8.98. The van der Waals surface area contributed by atoms with Gasteiger partial charge in [0.25, 0.3) is 0 Å². The maximum Gasteiger partial charge on any atom is 0.149 e. The summed E-state index contributed by atoms with van der Waals surface area (Å²) >= 11 is 3.00. The first kappa shape index (κ1) is 12.8. The molecular formula is C12H8BrF3N2. The fourth-order valence-corrected chi connectivity index (χ4v) is 1.75. The number of benzene rings is 2. The highest BCUT2D eigenvalue weighted by Crippen LogP contribution is 2.30. The van der Waals surface area contributed by atoms with Gasteiger partial charge in [0, 0.05) is 12.1 Å². The summed E-state index contributed by atoms with van der Waals surface area (Å²) in [5.74, 6) is -1.95.